The number of halogens is 1. The lowest BCUT2D eigenvalue weighted by molar-refractivity contribution is 0.203. The first-order valence-electron chi connectivity index (χ1n) is 16.5. The van der Waals surface area contributed by atoms with Gasteiger partial charge in [0.2, 0.25) is 0 Å². The van der Waals surface area contributed by atoms with E-state index in [1.807, 2.05) is 0 Å². The van der Waals surface area contributed by atoms with Crippen molar-refractivity contribution >= 4 is 12.4 Å². The summed E-state index contributed by atoms with van der Waals surface area (Å²) in [7, 11) is 0. The first-order valence-corrected chi connectivity index (χ1v) is 16.5. The molecule has 1 aromatic carbocycles. The Morgan fingerprint density at radius 3 is 1.35 bits per heavy atom. The van der Waals surface area contributed by atoms with Crippen molar-refractivity contribution in [1.82, 2.24) is 0 Å². The monoisotopic (exact) mass is 535 g/mol. The molecule has 2 heteroatoms. The first kappa shape index (κ1) is 36.5. The third kappa shape index (κ3) is 19.2. The van der Waals surface area contributed by atoms with E-state index in [4.69, 9.17) is 5.73 Å². The van der Waals surface area contributed by atoms with Crippen LogP contribution in [0.3, 0.4) is 0 Å². The maximum Gasteiger partial charge on any atom is 0.0186 e. The predicted molar refractivity (Wildman–Crippen MR) is 171 cm³/mol. The van der Waals surface area contributed by atoms with Crippen LogP contribution in [0.4, 0.5) is 0 Å². The molecule has 0 spiro atoms. The van der Waals surface area contributed by atoms with E-state index in [0.29, 0.717) is 5.92 Å². The molecule has 0 aliphatic rings. The van der Waals surface area contributed by atoms with Gasteiger partial charge in [0.25, 0.3) is 0 Å². The molecule has 218 valence electrons. The van der Waals surface area contributed by atoms with Crippen LogP contribution in [0, 0.1) is 5.92 Å². The van der Waals surface area contributed by atoms with Crippen LogP contribution >= 0.6 is 12.4 Å². The third-order valence-electron chi connectivity index (χ3n) is 8.54. The molecule has 1 aromatic rings. The van der Waals surface area contributed by atoms with Gasteiger partial charge in [-0.15, -0.1) is 12.4 Å². The van der Waals surface area contributed by atoms with Crippen molar-refractivity contribution in [2.45, 2.75) is 180 Å². The van der Waals surface area contributed by atoms with Crippen LogP contribution in [0.2, 0.25) is 0 Å². The van der Waals surface area contributed by atoms with E-state index in [0.717, 1.165) is 0 Å². The zero-order valence-corrected chi connectivity index (χ0v) is 26.2. The Morgan fingerprint density at radius 2 is 0.919 bits per heavy atom. The lowest BCUT2D eigenvalue weighted by Gasteiger charge is -2.39. The minimum absolute atomic E-state index is 0. The molecular formula is C35H66ClN. The van der Waals surface area contributed by atoms with Crippen LogP contribution in [0.15, 0.2) is 30.3 Å². The second-order valence-electron chi connectivity index (χ2n) is 11.9. The van der Waals surface area contributed by atoms with Gasteiger partial charge in [0.15, 0.2) is 0 Å². The Kier molecular flexibility index (Phi) is 25.4. The summed E-state index contributed by atoms with van der Waals surface area (Å²) in [6.45, 7) is 6.93. The summed E-state index contributed by atoms with van der Waals surface area (Å²) >= 11 is 0. The molecule has 0 amide bonds. The van der Waals surface area contributed by atoms with E-state index in [-0.39, 0.29) is 17.9 Å². The van der Waals surface area contributed by atoms with E-state index < -0.39 is 0 Å². The molecule has 0 aliphatic carbocycles. The number of unbranched alkanes of at least 4 members (excludes halogenated alkanes) is 17. The van der Waals surface area contributed by atoms with Crippen LogP contribution < -0.4 is 5.73 Å². The number of hydrogen-bond donors (Lipinski definition) is 1. The maximum absolute atomic E-state index is 7.47. The normalized spacial score (nSPS) is 12.4. The van der Waals surface area contributed by atoms with E-state index in [9.17, 15) is 0 Å². The van der Waals surface area contributed by atoms with Gasteiger partial charge < -0.3 is 5.73 Å². The molecule has 0 bridgehead atoms. The Balaban J connectivity index is 0.0000130. The molecule has 0 radical (unpaired) electrons. The zero-order valence-electron chi connectivity index (χ0n) is 25.4. The highest BCUT2D eigenvalue weighted by Gasteiger charge is 2.33. The van der Waals surface area contributed by atoms with Crippen molar-refractivity contribution in [1.29, 1.82) is 0 Å². The molecule has 0 fully saturated rings. The van der Waals surface area contributed by atoms with Crippen molar-refractivity contribution in [3.8, 4) is 0 Å². The van der Waals surface area contributed by atoms with Gasteiger partial charge in [-0.1, -0.05) is 180 Å². The van der Waals surface area contributed by atoms with Crippen molar-refractivity contribution < 1.29 is 0 Å². The average Bonchev–Trinajstić information content (AvgIpc) is 2.89. The molecule has 0 aliphatic heterocycles. The predicted octanol–water partition coefficient (Wildman–Crippen LogP) is 12.0. The maximum atomic E-state index is 7.47. The molecule has 0 saturated heterocycles. The summed E-state index contributed by atoms with van der Waals surface area (Å²) in [6, 6.07) is 11.2. The van der Waals surface area contributed by atoms with Gasteiger partial charge in [0, 0.05) is 5.54 Å². The minimum Gasteiger partial charge on any atom is -0.325 e. The SMILES string of the molecule is CCCCCCCCCCC(Cc1ccccc1)C(N)(CCCCCCCC)CCCCCCCC.Cl. The Labute approximate surface area is 240 Å². The fourth-order valence-electron chi connectivity index (χ4n) is 6.02. The molecule has 0 aromatic heterocycles. The minimum atomic E-state index is 0. The molecule has 1 atom stereocenters. The van der Waals surface area contributed by atoms with E-state index in [1.54, 1.807) is 0 Å². The summed E-state index contributed by atoms with van der Waals surface area (Å²) in [5, 5.41) is 0. The molecule has 0 saturated carbocycles. The highest BCUT2D eigenvalue weighted by molar-refractivity contribution is 5.85. The largest absolute Gasteiger partial charge is 0.325 e. The lowest BCUT2D eigenvalue weighted by atomic mass is 9.72. The summed E-state index contributed by atoms with van der Waals surface area (Å²) in [4.78, 5) is 0. The Bertz CT molecular complexity index is 556. The van der Waals surface area contributed by atoms with Gasteiger partial charge in [-0.3, -0.25) is 0 Å². The molecule has 1 nitrogen and oxygen atoms in total. The number of rotatable bonds is 26. The van der Waals surface area contributed by atoms with Crippen LogP contribution in [-0.4, -0.2) is 5.54 Å². The molecule has 0 heterocycles. The smallest absolute Gasteiger partial charge is 0.0186 e. The van der Waals surface area contributed by atoms with Gasteiger partial charge in [-0.2, -0.15) is 0 Å². The Morgan fingerprint density at radius 1 is 0.541 bits per heavy atom. The quantitative estimate of drug-likeness (QED) is 0.117. The molecule has 1 rings (SSSR count). The second kappa shape index (κ2) is 25.7. The highest BCUT2D eigenvalue weighted by Crippen LogP contribution is 2.34. The van der Waals surface area contributed by atoms with Crippen molar-refractivity contribution in [3.63, 3.8) is 0 Å². The van der Waals surface area contributed by atoms with Gasteiger partial charge in [-0.05, 0) is 37.2 Å². The summed E-state index contributed by atoms with van der Waals surface area (Å²) in [5.74, 6) is 0.617. The standard InChI is InChI=1S/C35H65N.ClH/c1-4-7-10-13-16-17-18-24-29-34(32-33-27-22-21-23-28-33)35(36,30-25-19-14-11-8-5-2)31-26-20-15-12-9-6-3;/h21-23,27-28,34H,4-20,24-26,29-32,36H2,1-3H3;1H. The van der Waals surface area contributed by atoms with E-state index in [1.165, 1.54) is 160 Å². The van der Waals surface area contributed by atoms with Crippen molar-refractivity contribution in [2.75, 3.05) is 0 Å². The van der Waals surface area contributed by atoms with Gasteiger partial charge >= 0.3 is 0 Å². The van der Waals surface area contributed by atoms with Gasteiger partial charge in [0.1, 0.15) is 0 Å². The van der Waals surface area contributed by atoms with Crippen molar-refractivity contribution in [3.05, 3.63) is 35.9 Å². The number of nitrogens with two attached hydrogens (primary N) is 1. The van der Waals surface area contributed by atoms with Crippen LogP contribution in [0.1, 0.15) is 174 Å². The lowest BCUT2D eigenvalue weighted by Crippen LogP contribution is -2.48. The van der Waals surface area contributed by atoms with Crippen LogP contribution in [0.25, 0.3) is 0 Å². The van der Waals surface area contributed by atoms with E-state index >= 15 is 0 Å². The zero-order chi connectivity index (χ0) is 26.2. The molecule has 2 N–H and O–H groups in total. The van der Waals surface area contributed by atoms with Crippen molar-refractivity contribution in [2.24, 2.45) is 11.7 Å². The Hall–Kier alpha value is -0.530. The molecular weight excluding hydrogens is 470 g/mol. The summed E-state index contributed by atoms with van der Waals surface area (Å²) < 4.78 is 0. The topological polar surface area (TPSA) is 26.0 Å². The fourth-order valence-corrected chi connectivity index (χ4v) is 6.02. The van der Waals surface area contributed by atoms with Crippen LogP contribution in [-0.2, 0) is 6.42 Å². The molecule has 37 heavy (non-hydrogen) atoms. The third-order valence-corrected chi connectivity index (χ3v) is 8.54. The second-order valence-corrected chi connectivity index (χ2v) is 11.9. The number of hydrogen-bond acceptors (Lipinski definition) is 1. The highest BCUT2D eigenvalue weighted by atomic mass is 35.5. The summed E-state index contributed by atoms with van der Waals surface area (Å²) in [5.41, 5.74) is 8.96. The van der Waals surface area contributed by atoms with Crippen LogP contribution in [0.5, 0.6) is 0 Å². The van der Waals surface area contributed by atoms with Gasteiger partial charge in [-0.25, -0.2) is 0 Å². The summed E-state index contributed by atoms with van der Waals surface area (Å²) in [6.07, 6.45) is 32.5. The van der Waals surface area contributed by atoms with Gasteiger partial charge in [0.05, 0.1) is 0 Å². The molecule has 1 unspecified atom stereocenters. The first-order chi connectivity index (χ1) is 17.7. The number of benzene rings is 1. The average molecular weight is 536 g/mol. The van der Waals surface area contributed by atoms with E-state index in [2.05, 4.69) is 51.1 Å². The fraction of sp³-hybridized carbons (Fsp3) is 0.829.